The van der Waals surface area contributed by atoms with E-state index in [1.165, 1.54) is 6.42 Å². The lowest BCUT2D eigenvalue weighted by Gasteiger charge is -2.26. The van der Waals surface area contributed by atoms with Crippen LogP contribution in [0.5, 0.6) is 0 Å². The van der Waals surface area contributed by atoms with Crippen LogP contribution in [0.25, 0.3) is 0 Å². The summed E-state index contributed by atoms with van der Waals surface area (Å²) in [5.74, 6) is 0.669. The Morgan fingerprint density at radius 3 is 2.83 bits per heavy atom. The minimum atomic E-state index is 0.110. The minimum absolute atomic E-state index is 0.110. The molecule has 0 bridgehead atoms. The number of piperidine rings is 1. The van der Waals surface area contributed by atoms with Gasteiger partial charge in [-0.3, -0.25) is 4.79 Å². The lowest BCUT2D eigenvalue weighted by atomic mass is 10.1. The van der Waals surface area contributed by atoms with Gasteiger partial charge in [0.15, 0.2) is 0 Å². The molecule has 0 aromatic carbocycles. The molecule has 3 N–H and O–H groups in total. The summed E-state index contributed by atoms with van der Waals surface area (Å²) in [4.78, 5) is 18.0. The summed E-state index contributed by atoms with van der Waals surface area (Å²) in [6, 6.07) is 1.76. The summed E-state index contributed by atoms with van der Waals surface area (Å²) in [6.45, 7) is 1.98. The third-order valence-corrected chi connectivity index (χ3v) is 3.43. The van der Waals surface area contributed by atoms with E-state index < -0.39 is 0 Å². The maximum atomic E-state index is 11.9. The van der Waals surface area contributed by atoms with Crippen molar-refractivity contribution in [2.24, 2.45) is 0 Å². The number of carbonyl (C=O) groups is 1. The maximum Gasteiger partial charge on any atom is 0.241 e. The van der Waals surface area contributed by atoms with E-state index in [1.54, 1.807) is 12.3 Å². The number of aromatic nitrogens is 1. The van der Waals surface area contributed by atoms with Gasteiger partial charge in [0, 0.05) is 23.8 Å². The second kappa shape index (κ2) is 6.04. The van der Waals surface area contributed by atoms with Crippen molar-refractivity contribution >= 4 is 33.3 Å². The van der Waals surface area contributed by atoms with Crippen LogP contribution in [0.3, 0.4) is 0 Å². The van der Waals surface area contributed by atoms with Crippen LogP contribution in [-0.4, -0.2) is 35.4 Å². The number of rotatable bonds is 3. The second-order valence-electron chi connectivity index (χ2n) is 4.39. The highest BCUT2D eigenvalue weighted by Crippen LogP contribution is 2.19. The number of nitrogens with one attached hydrogen (secondary N) is 1. The molecule has 0 atom stereocenters. The fourth-order valence-electron chi connectivity index (χ4n) is 2.02. The van der Waals surface area contributed by atoms with Gasteiger partial charge in [0.05, 0.1) is 12.2 Å². The standard InChI is InChI=1S/C12H17BrN4O/c13-9-6-10(14)12(15-7-9)16-8-11(18)17-4-2-1-3-5-17/h6-7H,1-5,8,14H2,(H,15,16). The molecular formula is C12H17BrN4O. The van der Waals surface area contributed by atoms with Crippen molar-refractivity contribution in [2.45, 2.75) is 19.3 Å². The molecule has 1 aromatic heterocycles. The first-order chi connectivity index (χ1) is 8.66. The highest BCUT2D eigenvalue weighted by molar-refractivity contribution is 9.10. The van der Waals surface area contributed by atoms with Gasteiger partial charge in [-0.15, -0.1) is 0 Å². The summed E-state index contributed by atoms with van der Waals surface area (Å²) >= 11 is 3.29. The number of carbonyl (C=O) groups excluding carboxylic acids is 1. The molecule has 5 nitrogen and oxygen atoms in total. The molecule has 1 fully saturated rings. The molecule has 0 unspecified atom stereocenters. The zero-order valence-corrected chi connectivity index (χ0v) is 11.7. The molecule has 0 saturated carbocycles. The molecule has 0 spiro atoms. The summed E-state index contributed by atoms with van der Waals surface area (Å²) in [6.07, 6.45) is 5.08. The molecule has 0 aliphatic carbocycles. The summed E-state index contributed by atoms with van der Waals surface area (Å²) < 4.78 is 0.827. The van der Waals surface area contributed by atoms with Crippen molar-refractivity contribution in [3.8, 4) is 0 Å². The van der Waals surface area contributed by atoms with Crippen molar-refractivity contribution < 1.29 is 4.79 Å². The Morgan fingerprint density at radius 1 is 1.44 bits per heavy atom. The van der Waals surface area contributed by atoms with Crippen molar-refractivity contribution in [3.63, 3.8) is 0 Å². The molecule has 98 valence electrons. The summed E-state index contributed by atoms with van der Waals surface area (Å²) in [5, 5.41) is 2.99. The smallest absolute Gasteiger partial charge is 0.241 e. The van der Waals surface area contributed by atoms with E-state index in [1.807, 2.05) is 4.90 Å². The van der Waals surface area contributed by atoms with Gasteiger partial charge in [-0.1, -0.05) is 0 Å². The van der Waals surface area contributed by atoms with Crippen molar-refractivity contribution in [1.82, 2.24) is 9.88 Å². The quantitative estimate of drug-likeness (QED) is 0.893. The van der Waals surface area contributed by atoms with Gasteiger partial charge in [0.2, 0.25) is 5.91 Å². The van der Waals surface area contributed by atoms with Gasteiger partial charge in [-0.05, 0) is 41.3 Å². The number of nitrogen functional groups attached to an aromatic ring is 1. The number of pyridine rings is 1. The largest absolute Gasteiger partial charge is 0.396 e. The molecule has 18 heavy (non-hydrogen) atoms. The number of hydrogen-bond acceptors (Lipinski definition) is 4. The van der Waals surface area contributed by atoms with Gasteiger partial charge in [0.25, 0.3) is 0 Å². The molecule has 1 amide bonds. The zero-order chi connectivity index (χ0) is 13.0. The fourth-order valence-corrected chi connectivity index (χ4v) is 2.37. The molecule has 1 aliphatic heterocycles. The van der Waals surface area contributed by atoms with Crippen LogP contribution < -0.4 is 11.1 Å². The summed E-state index contributed by atoms with van der Waals surface area (Å²) in [7, 11) is 0. The van der Waals surface area contributed by atoms with Crippen molar-refractivity contribution in [1.29, 1.82) is 0 Å². The topological polar surface area (TPSA) is 71.2 Å². The zero-order valence-electron chi connectivity index (χ0n) is 10.2. The number of amides is 1. The van der Waals surface area contributed by atoms with Gasteiger partial charge in [-0.25, -0.2) is 4.98 Å². The number of nitrogens with two attached hydrogens (primary N) is 1. The predicted octanol–water partition coefficient (Wildman–Crippen LogP) is 1.85. The Kier molecular flexibility index (Phi) is 4.41. The SMILES string of the molecule is Nc1cc(Br)cnc1NCC(=O)N1CCCCC1. The van der Waals surface area contributed by atoms with Crippen molar-refractivity contribution in [3.05, 3.63) is 16.7 Å². The Bertz CT molecular complexity index is 432. The van der Waals surface area contributed by atoms with Crippen LogP contribution in [0.2, 0.25) is 0 Å². The third kappa shape index (κ3) is 3.35. The van der Waals surface area contributed by atoms with Gasteiger partial charge in [0.1, 0.15) is 5.82 Å². The van der Waals surface area contributed by atoms with E-state index in [0.29, 0.717) is 11.5 Å². The molecule has 1 saturated heterocycles. The van der Waals surface area contributed by atoms with E-state index in [4.69, 9.17) is 5.73 Å². The van der Waals surface area contributed by atoms with E-state index in [0.717, 1.165) is 30.4 Å². The normalized spacial score (nSPS) is 15.5. The fraction of sp³-hybridized carbons (Fsp3) is 0.500. The Hall–Kier alpha value is -1.30. The number of anilines is 2. The Labute approximate surface area is 115 Å². The van der Waals surface area contributed by atoms with Gasteiger partial charge >= 0.3 is 0 Å². The number of hydrogen-bond donors (Lipinski definition) is 2. The minimum Gasteiger partial charge on any atom is -0.396 e. The van der Waals surface area contributed by atoms with Gasteiger partial charge in [-0.2, -0.15) is 0 Å². The Balaban J connectivity index is 1.88. The number of halogens is 1. The highest BCUT2D eigenvalue weighted by Gasteiger charge is 2.16. The van der Waals surface area contributed by atoms with E-state index in [2.05, 4.69) is 26.2 Å². The first kappa shape index (κ1) is 13.1. The molecule has 2 rings (SSSR count). The third-order valence-electron chi connectivity index (χ3n) is 3.00. The average molecular weight is 313 g/mol. The Morgan fingerprint density at radius 2 is 2.17 bits per heavy atom. The van der Waals surface area contributed by atoms with Crippen LogP contribution in [0.4, 0.5) is 11.5 Å². The maximum absolute atomic E-state index is 11.9. The molecule has 6 heteroatoms. The lowest BCUT2D eigenvalue weighted by Crippen LogP contribution is -2.39. The number of likely N-dealkylation sites (tertiary alicyclic amines) is 1. The predicted molar refractivity (Wildman–Crippen MR) is 75.3 cm³/mol. The van der Waals surface area contributed by atoms with Crippen molar-refractivity contribution in [2.75, 3.05) is 30.7 Å². The summed E-state index contributed by atoms with van der Waals surface area (Å²) in [5.41, 5.74) is 6.34. The van der Waals surface area contributed by atoms with E-state index >= 15 is 0 Å². The first-order valence-electron chi connectivity index (χ1n) is 6.09. The molecule has 2 heterocycles. The van der Waals surface area contributed by atoms with Crippen LogP contribution in [0.1, 0.15) is 19.3 Å². The molecule has 1 aromatic rings. The van der Waals surface area contributed by atoms with Crippen LogP contribution in [-0.2, 0) is 4.79 Å². The lowest BCUT2D eigenvalue weighted by molar-refractivity contribution is -0.130. The van der Waals surface area contributed by atoms with Crippen LogP contribution in [0.15, 0.2) is 16.7 Å². The van der Waals surface area contributed by atoms with E-state index in [9.17, 15) is 4.79 Å². The average Bonchev–Trinajstić information content (AvgIpc) is 2.38. The highest BCUT2D eigenvalue weighted by atomic mass is 79.9. The molecule has 0 radical (unpaired) electrons. The molecule has 1 aliphatic rings. The van der Waals surface area contributed by atoms with Gasteiger partial charge < -0.3 is 16.0 Å². The first-order valence-corrected chi connectivity index (χ1v) is 6.89. The monoisotopic (exact) mass is 312 g/mol. The second-order valence-corrected chi connectivity index (χ2v) is 5.30. The van der Waals surface area contributed by atoms with Crippen LogP contribution in [0, 0.1) is 0 Å². The van der Waals surface area contributed by atoms with E-state index in [-0.39, 0.29) is 12.5 Å². The number of nitrogens with zero attached hydrogens (tertiary/aromatic N) is 2. The van der Waals surface area contributed by atoms with Crippen LogP contribution >= 0.6 is 15.9 Å². The molecular weight excluding hydrogens is 296 g/mol.